The second-order valence-electron chi connectivity index (χ2n) is 8.38. The van der Waals surface area contributed by atoms with E-state index in [9.17, 15) is 13.2 Å². The lowest BCUT2D eigenvalue weighted by molar-refractivity contribution is -0.130. The number of aromatic nitrogens is 3. The minimum absolute atomic E-state index is 0.137. The molecule has 0 N–H and O–H groups in total. The molecule has 2 aromatic rings. The van der Waals surface area contributed by atoms with E-state index in [1.54, 1.807) is 28.6 Å². The van der Waals surface area contributed by atoms with Gasteiger partial charge in [-0.25, -0.2) is 8.42 Å². The van der Waals surface area contributed by atoms with Crippen molar-refractivity contribution in [2.45, 2.75) is 42.7 Å². The number of hydrogen-bond donors (Lipinski definition) is 0. The van der Waals surface area contributed by atoms with Crippen LogP contribution in [0.2, 0.25) is 0 Å². The average molecular weight is 464 g/mol. The zero-order valence-corrected chi connectivity index (χ0v) is 19.7. The SMILES string of the molecule is C[C@H]1CCCN(C(=O)CSc2nnc(-c3ccc(S(=O)(=O)N4CCCC4)cc3)n2C)C1. The standard InChI is InChI=1S/C21H29N5O3S2/c1-16-6-5-11-25(14-16)19(27)15-30-21-23-22-20(24(21)2)17-7-9-18(10-8-17)31(28,29)26-12-3-4-13-26/h7-10,16H,3-6,11-15H2,1-2H3/t16-/m0/s1. The lowest BCUT2D eigenvalue weighted by atomic mass is 10.0. The van der Waals surface area contributed by atoms with E-state index in [1.165, 1.54) is 18.2 Å². The predicted octanol–water partition coefficient (Wildman–Crippen LogP) is 2.62. The number of likely N-dealkylation sites (tertiary alicyclic amines) is 1. The number of hydrogen-bond acceptors (Lipinski definition) is 6. The summed E-state index contributed by atoms with van der Waals surface area (Å²) in [5.74, 6) is 1.68. The molecule has 10 heteroatoms. The molecule has 0 aliphatic carbocycles. The summed E-state index contributed by atoms with van der Waals surface area (Å²) in [7, 11) is -1.57. The molecule has 1 aromatic heterocycles. The van der Waals surface area contributed by atoms with Gasteiger partial charge in [0.2, 0.25) is 15.9 Å². The fourth-order valence-electron chi connectivity index (χ4n) is 4.18. The molecule has 2 aliphatic heterocycles. The highest BCUT2D eigenvalue weighted by Crippen LogP contribution is 2.26. The summed E-state index contributed by atoms with van der Waals surface area (Å²) in [6.45, 7) is 5.02. The molecule has 0 bridgehead atoms. The van der Waals surface area contributed by atoms with Crippen molar-refractivity contribution >= 4 is 27.7 Å². The molecule has 0 saturated carbocycles. The van der Waals surface area contributed by atoms with Gasteiger partial charge in [0, 0.05) is 38.8 Å². The normalized spacial score (nSPS) is 20.3. The first-order chi connectivity index (χ1) is 14.9. The van der Waals surface area contributed by atoms with E-state index in [0.717, 1.165) is 37.9 Å². The van der Waals surface area contributed by atoms with Crippen LogP contribution in [0.1, 0.15) is 32.6 Å². The fraction of sp³-hybridized carbons (Fsp3) is 0.571. The molecule has 2 fully saturated rings. The Labute approximate surface area is 188 Å². The Hall–Kier alpha value is -1.91. The molecule has 2 saturated heterocycles. The quantitative estimate of drug-likeness (QED) is 0.612. The van der Waals surface area contributed by atoms with Gasteiger partial charge in [0.25, 0.3) is 0 Å². The summed E-state index contributed by atoms with van der Waals surface area (Å²) in [6, 6.07) is 6.79. The number of nitrogens with zero attached hydrogens (tertiary/aromatic N) is 5. The number of carbonyl (C=O) groups excluding carboxylic acids is 1. The molecule has 168 valence electrons. The minimum Gasteiger partial charge on any atom is -0.342 e. The van der Waals surface area contributed by atoms with Gasteiger partial charge in [0.05, 0.1) is 10.6 Å². The molecule has 4 rings (SSSR count). The van der Waals surface area contributed by atoms with Crippen LogP contribution in [0, 0.1) is 5.92 Å². The monoisotopic (exact) mass is 463 g/mol. The van der Waals surface area contributed by atoms with Gasteiger partial charge in [0.15, 0.2) is 11.0 Å². The van der Waals surface area contributed by atoms with Crippen molar-refractivity contribution in [3.63, 3.8) is 0 Å². The van der Waals surface area contributed by atoms with E-state index in [-0.39, 0.29) is 5.91 Å². The van der Waals surface area contributed by atoms with Gasteiger partial charge in [-0.1, -0.05) is 18.7 Å². The van der Waals surface area contributed by atoms with Crippen LogP contribution in [0.5, 0.6) is 0 Å². The number of sulfonamides is 1. The molecular formula is C21H29N5O3S2. The molecule has 1 aromatic carbocycles. The van der Waals surface area contributed by atoms with Gasteiger partial charge in [0.1, 0.15) is 0 Å². The molecule has 3 heterocycles. The summed E-state index contributed by atoms with van der Waals surface area (Å²) in [5.41, 5.74) is 0.790. The van der Waals surface area contributed by atoms with Crippen LogP contribution < -0.4 is 0 Å². The van der Waals surface area contributed by atoms with Gasteiger partial charge in [-0.05, 0) is 55.9 Å². The Bertz CT molecular complexity index is 1030. The Balaban J connectivity index is 1.42. The molecule has 0 radical (unpaired) electrons. The Kier molecular flexibility index (Phi) is 6.68. The summed E-state index contributed by atoms with van der Waals surface area (Å²) in [4.78, 5) is 14.8. The number of piperidine rings is 1. The Morgan fingerprint density at radius 2 is 1.81 bits per heavy atom. The maximum Gasteiger partial charge on any atom is 0.243 e. The number of amides is 1. The number of carbonyl (C=O) groups is 1. The highest BCUT2D eigenvalue weighted by molar-refractivity contribution is 7.99. The highest BCUT2D eigenvalue weighted by atomic mass is 32.2. The van der Waals surface area contributed by atoms with Crippen LogP contribution in [0.3, 0.4) is 0 Å². The van der Waals surface area contributed by atoms with Crippen molar-refractivity contribution in [2.75, 3.05) is 31.9 Å². The largest absolute Gasteiger partial charge is 0.342 e. The Morgan fingerprint density at radius 3 is 2.48 bits per heavy atom. The molecule has 2 aliphatic rings. The summed E-state index contributed by atoms with van der Waals surface area (Å²) in [5, 5.41) is 9.17. The average Bonchev–Trinajstić information content (AvgIpc) is 3.43. The zero-order chi connectivity index (χ0) is 22.0. The van der Waals surface area contributed by atoms with Crippen molar-refractivity contribution in [3.05, 3.63) is 24.3 Å². The molecule has 0 unspecified atom stereocenters. The van der Waals surface area contributed by atoms with Crippen molar-refractivity contribution in [3.8, 4) is 11.4 Å². The zero-order valence-electron chi connectivity index (χ0n) is 18.0. The van der Waals surface area contributed by atoms with E-state index < -0.39 is 10.0 Å². The van der Waals surface area contributed by atoms with E-state index in [1.807, 2.05) is 16.5 Å². The van der Waals surface area contributed by atoms with Crippen molar-refractivity contribution in [2.24, 2.45) is 13.0 Å². The lowest BCUT2D eigenvalue weighted by Gasteiger charge is -2.30. The molecule has 1 amide bonds. The molecular weight excluding hydrogens is 434 g/mol. The number of thioether (sulfide) groups is 1. The van der Waals surface area contributed by atoms with E-state index >= 15 is 0 Å². The van der Waals surface area contributed by atoms with Gasteiger partial charge < -0.3 is 9.47 Å². The third-order valence-electron chi connectivity index (χ3n) is 5.98. The van der Waals surface area contributed by atoms with Crippen molar-refractivity contribution in [1.82, 2.24) is 24.0 Å². The summed E-state index contributed by atoms with van der Waals surface area (Å²) < 4.78 is 28.8. The first-order valence-electron chi connectivity index (χ1n) is 10.8. The predicted molar refractivity (Wildman–Crippen MR) is 120 cm³/mol. The smallest absolute Gasteiger partial charge is 0.243 e. The molecule has 8 nitrogen and oxygen atoms in total. The maximum absolute atomic E-state index is 12.7. The topological polar surface area (TPSA) is 88.4 Å². The highest BCUT2D eigenvalue weighted by Gasteiger charge is 2.27. The van der Waals surface area contributed by atoms with Crippen LogP contribution in [-0.4, -0.2) is 70.2 Å². The van der Waals surface area contributed by atoms with Crippen LogP contribution in [0.4, 0.5) is 0 Å². The minimum atomic E-state index is -3.43. The van der Waals surface area contributed by atoms with E-state index in [0.29, 0.717) is 40.6 Å². The first-order valence-corrected chi connectivity index (χ1v) is 13.2. The summed E-state index contributed by atoms with van der Waals surface area (Å²) >= 11 is 1.39. The van der Waals surface area contributed by atoms with Crippen molar-refractivity contribution < 1.29 is 13.2 Å². The van der Waals surface area contributed by atoms with E-state index in [4.69, 9.17) is 0 Å². The molecule has 1 atom stereocenters. The van der Waals surface area contributed by atoms with Gasteiger partial charge in [-0.2, -0.15) is 4.31 Å². The maximum atomic E-state index is 12.7. The van der Waals surface area contributed by atoms with Crippen LogP contribution in [-0.2, 0) is 21.9 Å². The molecule has 0 spiro atoms. The number of rotatable bonds is 6. The van der Waals surface area contributed by atoms with Gasteiger partial charge >= 0.3 is 0 Å². The van der Waals surface area contributed by atoms with Crippen LogP contribution in [0.25, 0.3) is 11.4 Å². The van der Waals surface area contributed by atoms with Crippen LogP contribution >= 0.6 is 11.8 Å². The first kappa shape index (κ1) is 22.3. The summed E-state index contributed by atoms with van der Waals surface area (Å²) in [6.07, 6.45) is 4.07. The second kappa shape index (κ2) is 9.30. The molecule has 31 heavy (non-hydrogen) atoms. The van der Waals surface area contributed by atoms with E-state index in [2.05, 4.69) is 17.1 Å². The Morgan fingerprint density at radius 1 is 1.10 bits per heavy atom. The van der Waals surface area contributed by atoms with Gasteiger partial charge in [-0.15, -0.1) is 10.2 Å². The second-order valence-corrected chi connectivity index (χ2v) is 11.3. The fourth-order valence-corrected chi connectivity index (χ4v) is 6.51. The number of benzene rings is 1. The lowest BCUT2D eigenvalue weighted by Crippen LogP contribution is -2.40. The van der Waals surface area contributed by atoms with Gasteiger partial charge in [-0.3, -0.25) is 4.79 Å². The van der Waals surface area contributed by atoms with Crippen LogP contribution in [0.15, 0.2) is 34.3 Å². The third-order valence-corrected chi connectivity index (χ3v) is 8.90. The third kappa shape index (κ3) is 4.80. The van der Waals surface area contributed by atoms with Crippen molar-refractivity contribution in [1.29, 1.82) is 0 Å².